The molecule has 0 bridgehead atoms. The van der Waals surface area contributed by atoms with Crippen LogP contribution < -0.4 is 15.3 Å². The van der Waals surface area contributed by atoms with Gasteiger partial charge >= 0.3 is 2.85 Å². The number of carbonyl (C=O) groups excluding carboxylic acids is 4. The first-order chi connectivity index (χ1) is 11.1. The van der Waals surface area contributed by atoms with Gasteiger partial charge in [-0.15, -0.1) is 0 Å². The average Bonchev–Trinajstić information content (AvgIpc) is 2.35. The van der Waals surface area contributed by atoms with Gasteiger partial charge in [-0.25, -0.2) is 0 Å². The van der Waals surface area contributed by atoms with Gasteiger partial charge in [-0.2, -0.15) is 0 Å². The first kappa shape index (κ1) is 25.2. The molecule has 25 heavy (non-hydrogen) atoms. The SMILES string of the molecule is CCCC(=O)C(O)C[N+](C)(C)C.O=C([O-])CC(O)(CC(=O)[O-])C(=O)[O-].[H+].[H+]. The number of Topliss-reactive ketones (excluding diaryl/α,β-unsaturated/α-hetero) is 1. The van der Waals surface area contributed by atoms with Crippen LogP contribution in [0.2, 0.25) is 0 Å². The molecule has 0 heterocycles. The number of aliphatic carboxylic acids is 3. The molecule has 0 aromatic carbocycles. The van der Waals surface area contributed by atoms with Crippen molar-refractivity contribution in [1.82, 2.24) is 0 Å². The maximum Gasteiger partial charge on any atom is 1.00 e. The van der Waals surface area contributed by atoms with Crippen LogP contribution in [0.4, 0.5) is 0 Å². The number of carboxylic acid groups (broad SMARTS) is 3. The molecule has 0 rings (SSSR count). The number of rotatable bonds is 10. The summed E-state index contributed by atoms with van der Waals surface area (Å²) in [7, 11) is 5.88. The Balaban J connectivity index is -0.000000183. The van der Waals surface area contributed by atoms with Gasteiger partial charge in [-0.05, 0) is 6.42 Å². The Morgan fingerprint density at radius 3 is 1.68 bits per heavy atom. The first-order valence-electron chi connectivity index (χ1n) is 7.49. The van der Waals surface area contributed by atoms with Crippen molar-refractivity contribution in [3.05, 3.63) is 0 Å². The lowest BCUT2D eigenvalue weighted by molar-refractivity contribution is -0.872. The second kappa shape index (κ2) is 10.7. The highest BCUT2D eigenvalue weighted by Gasteiger charge is 2.29. The summed E-state index contributed by atoms with van der Waals surface area (Å²) in [4.78, 5) is 41.2. The van der Waals surface area contributed by atoms with Crippen LogP contribution in [0.5, 0.6) is 0 Å². The van der Waals surface area contributed by atoms with Crippen LogP contribution in [-0.4, -0.2) is 77.8 Å². The van der Waals surface area contributed by atoms with Crippen LogP contribution >= 0.6 is 0 Å². The fourth-order valence-electron chi connectivity index (χ4n) is 1.72. The Hall–Kier alpha value is -2.04. The van der Waals surface area contributed by atoms with Crippen molar-refractivity contribution in [2.75, 3.05) is 27.7 Å². The van der Waals surface area contributed by atoms with Gasteiger partial charge in [0.1, 0.15) is 12.1 Å². The number of aliphatic hydroxyl groups excluding tert-OH is 1. The highest BCUT2D eigenvalue weighted by molar-refractivity contribution is 5.86. The van der Waals surface area contributed by atoms with Gasteiger partial charge in [0.2, 0.25) is 0 Å². The van der Waals surface area contributed by atoms with Crippen molar-refractivity contribution in [3.63, 3.8) is 0 Å². The molecule has 0 aromatic rings. The number of carbonyl (C=O) groups is 4. The van der Waals surface area contributed by atoms with Crippen LogP contribution in [0.1, 0.15) is 35.5 Å². The van der Waals surface area contributed by atoms with E-state index in [2.05, 4.69) is 0 Å². The van der Waals surface area contributed by atoms with E-state index < -0.39 is 42.5 Å². The minimum Gasteiger partial charge on any atom is -0.550 e. The number of hydrogen-bond donors (Lipinski definition) is 2. The molecule has 0 fully saturated rings. The maximum atomic E-state index is 11.2. The topological polar surface area (TPSA) is 178 Å². The van der Waals surface area contributed by atoms with E-state index in [1.54, 1.807) is 0 Å². The largest absolute Gasteiger partial charge is 1.00 e. The molecule has 1 unspecified atom stereocenters. The molecular formula is C15H27NO9. The van der Waals surface area contributed by atoms with Crippen molar-refractivity contribution in [2.45, 2.75) is 44.3 Å². The summed E-state index contributed by atoms with van der Waals surface area (Å²) in [5.74, 6) is -6.02. The Bertz CT molecular complexity index is 476. The number of carboxylic acids is 3. The Morgan fingerprint density at radius 2 is 1.44 bits per heavy atom. The lowest BCUT2D eigenvalue weighted by Gasteiger charge is -2.29. The van der Waals surface area contributed by atoms with Crippen molar-refractivity contribution in [1.29, 1.82) is 0 Å². The zero-order chi connectivity index (χ0) is 20.4. The van der Waals surface area contributed by atoms with Gasteiger partial charge in [0, 0.05) is 31.2 Å². The van der Waals surface area contributed by atoms with Crippen LogP contribution in [-0.2, 0) is 19.2 Å². The van der Waals surface area contributed by atoms with Crippen molar-refractivity contribution in [2.24, 2.45) is 0 Å². The summed E-state index contributed by atoms with van der Waals surface area (Å²) in [6.45, 7) is 2.44. The fraction of sp³-hybridized carbons (Fsp3) is 0.733. The molecule has 0 saturated carbocycles. The van der Waals surface area contributed by atoms with E-state index in [1.807, 2.05) is 28.1 Å². The first-order valence-corrected chi connectivity index (χ1v) is 7.49. The smallest absolute Gasteiger partial charge is 0.550 e. The highest BCUT2D eigenvalue weighted by Crippen LogP contribution is 2.13. The summed E-state index contributed by atoms with van der Waals surface area (Å²) in [6, 6.07) is 0. The van der Waals surface area contributed by atoms with E-state index in [-0.39, 0.29) is 8.64 Å². The molecule has 0 aliphatic carbocycles. The quantitative estimate of drug-likeness (QED) is 0.360. The van der Waals surface area contributed by atoms with Crippen LogP contribution in [0.15, 0.2) is 0 Å². The molecular weight excluding hydrogens is 338 g/mol. The summed E-state index contributed by atoms with van der Waals surface area (Å²) in [6.07, 6.45) is -2.20. The van der Waals surface area contributed by atoms with Crippen molar-refractivity contribution in [3.8, 4) is 0 Å². The third-order valence-electron chi connectivity index (χ3n) is 2.84. The molecule has 10 nitrogen and oxygen atoms in total. The Kier molecular flexibility index (Phi) is 10.8. The lowest BCUT2D eigenvalue weighted by Crippen LogP contribution is -2.54. The van der Waals surface area contributed by atoms with Crippen LogP contribution in [0.3, 0.4) is 0 Å². The van der Waals surface area contributed by atoms with Gasteiger partial charge in [0.25, 0.3) is 0 Å². The predicted molar refractivity (Wildman–Crippen MR) is 80.3 cm³/mol. The summed E-state index contributed by atoms with van der Waals surface area (Å²) >= 11 is 0. The number of ketones is 1. The second-order valence-electron chi connectivity index (χ2n) is 6.62. The Morgan fingerprint density at radius 1 is 1.04 bits per heavy atom. The second-order valence-corrected chi connectivity index (χ2v) is 6.62. The molecule has 0 amide bonds. The molecule has 0 aliphatic heterocycles. The van der Waals surface area contributed by atoms with E-state index in [9.17, 15) is 39.6 Å². The van der Waals surface area contributed by atoms with Gasteiger partial charge < -0.3 is 44.4 Å². The Labute approximate surface area is 148 Å². The monoisotopic (exact) mass is 365 g/mol. The summed E-state index contributed by atoms with van der Waals surface area (Å²) in [5, 5.41) is 48.3. The number of nitrogens with zero attached hydrogens (tertiary/aromatic N) is 1. The summed E-state index contributed by atoms with van der Waals surface area (Å²) < 4.78 is 0.622. The zero-order valence-corrected chi connectivity index (χ0v) is 14.8. The van der Waals surface area contributed by atoms with E-state index in [0.29, 0.717) is 17.4 Å². The third kappa shape index (κ3) is 13.0. The molecule has 10 heteroatoms. The minimum atomic E-state index is -2.97. The predicted octanol–water partition coefficient (Wildman–Crippen LogP) is -4.60. The third-order valence-corrected chi connectivity index (χ3v) is 2.84. The average molecular weight is 365 g/mol. The van der Waals surface area contributed by atoms with Crippen LogP contribution in [0.25, 0.3) is 0 Å². The molecule has 0 spiro atoms. The van der Waals surface area contributed by atoms with Crippen molar-refractivity contribution >= 4 is 23.7 Å². The molecule has 2 N–H and O–H groups in total. The van der Waals surface area contributed by atoms with Gasteiger partial charge in [0.05, 0.1) is 27.1 Å². The number of quaternary nitrogens is 1. The van der Waals surface area contributed by atoms with Crippen molar-refractivity contribution < 1.29 is 52.0 Å². The summed E-state index contributed by atoms with van der Waals surface area (Å²) in [5.41, 5.74) is -2.97. The highest BCUT2D eigenvalue weighted by atomic mass is 16.4. The van der Waals surface area contributed by atoms with E-state index in [0.717, 1.165) is 6.42 Å². The molecule has 0 aliphatic rings. The number of aliphatic hydroxyl groups is 2. The van der Waals surface area contributed by atoms with E-state index in [4.69, 9.17) is 5.11 Å². The van der Waals surface area contributed by atoms with Gasteiger partial charge in [-0.3, -0.25) is 4.79 Å². The molecule has 0 aromatic heterocycles. The lowest BCUT2D eigenvalue weighted by atomic mass is 9.96. The molecule has 146 valence electrons. The van der Waals surface area contributed by atoms with E-state index >= 15 is 0 Å². The fourth-order valence-corrected chi connectivity index (χ4v) is 1.72. The van der Waals surface area contributed by atoms with E-state index in [1.165, 1.54) is 0 Å². The molecule has 0 radical (unpaired) electrons. The maximum absolute atomic E-state index is 11.2. The van der Waals surface area contributed by atoms with Crippen LogP contribution in [0, 0.1) is 0 Å². The van der Waals surface area contributed by atoms with Gasteiger partial charge in [-0.1, -0.05) is 6.92 Å². The minimum absolute atomic E-state index is 0. The normalized spacial score (nSPS) is 12.6. The number of likely N-dealkylation sites (N-methyl/N-ethyl adjacent to an activating group) is 1. The number of hydrogen-bond acceptors (Lipinski definition) is 9. The standard InChI is InChI=1S/C9H20NO2.C6H8O7/c1-5-6-8(11)9(12)7-10(2,3)4;7-3(8)1-6(13,5(11)12)2-4(9)10/h9,12H,5-7H2,1-4H3;13H,1-2H2,(H,7,8)(H,9,10)(H,11,12)/q+1;/p-1. The molecule has 1 atom stereocenters. The zero-order valence-electron chi connectivity index (χ0n) is 16.8. The van der Waals surface area contributed by atoms with Gasteiger partial charge in [0.15, 0.2) is 11.9 Å². The molecule has 0 saturated heterocycles.